The highest BCUT2D eigenvalue weighted by Crippen LogP contribution is 2.13. The van der Waals surface area contributed by atoms with E-state index in [1.807, 2.05) is 0 Å². The number of methoxy groups -OCH3 is 1. The highest BCUT2D eigenvalue weighted by molar-refractivity contribution is 6.30. The fourth-order valence-electron chi connectivity index (χ4n) is 1.24. The number of nitriles is 1. The molecule has 0 radical (unpaired) electrons. The number of halogens is 1. The van der Waals surface area contributed by atoms with Gasteiger partial charge in [-0.25, -0.2) is 14.8 Å². The molecule has 0 fully saturated rings. The summed E-state index contributed by atoms with van der Waals surface area (Å²) >= 11 is 5.74. The highest BCUT2D eigenvalue weighted by atomic mass is 35.5. The first-order valence-electron chi connectivity index (χ1n) is 5.17. The van der Waals surface area contributed by atoms with E-state index in [2.05, 4.69) is 20.0 Å². The van der Waals surface area contributed by atoms with Gasteiger partial charge in [-0.1, -0.05) is 11.6 Å². The van der Waals surface area contributed by atoms with Crippen molar-refractivity contribution in [3.05, 3.63) is 17.0 Å². The van der Waals surface area contributed by atoms with E-state index in [4.69, 9.17) is 27.3 Å². The summed E-state index contributed by atoms with van der Waals surface area (Å²) in [6.45, 7) is 0.259. The van der Waals surface area contributed by atoms with Crippen LogP contribution in [0.3, 0.4) is 0 Å². The number of nitrogens with two attached hydrogens (primary N) is 1. The molecular formula is C10H12ClN5O3. The number of amides is 1. The molecule has 8 nitrogen and oxygen atoms in total. The van der Waals surface area contributed by atoms with Gasteiger partial charge in [0.05, 0.1) is 18.8 Å². The topological polar surface area (TPSA) is 123 Å². The van der Waals surface area contributed by atoms with Gasteiger partial charge in [0.15, 0.2) is 10.8 Å². The van der Waals surface area contributed by atoms with Crippen molar-refractivity contribution < 1.29 is 14.3 Å². The number of ether oxygens (including phenoxy) is 2. The van der Waals surface area contributed by atoms with Crippen molar-refractivity contribution in [3.63, 3.8) is 0 Å². The van der Waals surface area contributed by atoms with Crippen LogP contribution in [-0.4, -0.2) is 42.4 Å². The normalized spacial score (nSPS) is 11.4. The predicted octanol–water partition coefficient (Wildman–Crippen LogP) is 0.524. The molecule has 0 saturated carbocycles. The largest absolute Gasteiger partial charge is 0.447 e. The van der Waals surface area contributed by atoms with Gasteiger partial charge in [-0.05, 0) is 0 Å². The van der Waals surface area contributed by atoms with E-state index in [-0.39, 0.29) is 30.1 Å². The van der Waals surface area contributed by atoms with Gasteiger partial charge < -0.3 is 20.5 Å². The molecule has 0 aliphatic rings. The Morgan fingerprint density at radius 2 is 2.42 bits per heavy atom. The summed E-state index contributed by atoms with van der Waals surface area (Å²) < 4.78 is 9.62. The molecule has 3 N–H and O–H groups in total. The third-order valence-electron chi connectivity index (χ3n) is 1.98. The molecule has 0 aliphatic carbocycles. The van der Waals surface area contributed by atoms with Gasteiger partial charge in [0, 0.05) is 7.11 Å². The van der Waals surface area contributed by atoms with Gasteiger partial charge in [0.2, 0.25) is 0 Å². The molecule has 0 bridgehead atoms. The van der Waals surface area contributed by atoms with E-state index < -0.39 is 6.09 Å². The minimum Gasteiger partial charge on any atom is -0.447 e. The van der Waals surface area contributed by atoms with Crippen LogP contribution < -0.4 is 11.1 Å². The average molecular weight is 286 g/mol. The first-order valence-corrected chi connectivity index (χ1v) is 5.55. The minimum atomic E-state index is -0.883. The van der Waals surface area contributed by atoms with Crippen LogP contribution in [0, 0.1) is 11.3 Å². The summed E-state index contributed by atoms with van der Waals surface area (Å²) in [4.78, 5) is 18.3. The lowest BCUT2D eigenvalue weighted by Gasteiger charge is -2.17. The lowest BCUT2D eigenvalue weighted by molar-refractivity contribution is 0.122. The molecule has 19 heavy (non-hydrogen) atoms. The van der Waals surface area contributed by atoms with Crippen LogP contribution in [-0.2, 0) is 9.47 Å². The summed E-state index contributed by atoms with van der Waals surface area (Å²) in [5, 5.41) is 11.6. The second kappa shape index (κ2) is 7.35. The van der Waals surface area contributed by atoms with E-state index >= 15 is 0 Å². The van der Waals surface area contributed by atoms with E-state index in [0.717, 1.165) is 0 Å². The van der Waals surface area contributed by atoms with Crippen LogP contribution in [0.2, 0.25) is 5.15 Å². The molecule has 0 aromatic carbocycles. The molecule has 1 heterocycles. The third kappa shape index (κ3) is 4.95. The Kier molecular flexibility index (Phi) is 5.78. The summed E-state index contributed by atoms with van der Waals surface area (Å²) in [5.41, 5.74) is 4.91. The zero-order valence-electron chi connectivity index (χ0n) is 10.1. The number of anilines is 1. The zero-order valence-corrected chi connectivity index (χ0v) is 10.8. The fraction of sp³-hybridized carbons (Fsp3) is 0.400. The quantitative estimate of drug-likeness (QED) is 0.781. The average Bonchev–Trinajstić information content (AvgIpc) is 2.36. The number of rotatable bonds is 6. The van der Waals surface area contributed by atoms with Crippen LogP contribution in [0.15, 0.2) is 6.20 Å². The highest BCUT2D eigenvalue weighted by Gasteiger charge is 2.13. The second-order valence-electron chi connectivity index (χ2n) is 3.43. The number of carbonyl (C=O) groups excluding carboxylic acids is 1. The molecule has 1 aromatic heterocycles. The number of hydrogen-bond acceptors (Lipinski definition) is 7. The van der Waals surface area contributed by atoms with Crippen molar-refractivity contribution in [1.29, 1.82) is 5.26 Å². The first kappa shape index (κ1) is 14.9. The first-order chi connectivity index (χ1) is 9.06. The number of nitrogens with zero attached hydrogens (tertiary/aromatic N) is 3. The van der Waals surface area contributed by atoms with Gasteiger partial charge in [0.25, 0.3) is 0 Å². The van der Waals surface area contributed by atoms with Crippen molar-refractivity contribution in [3.8, 4) is 6.07 Å². The molecule has 0 spiro atoms. The Morgan fingerprint density at radius 3 is 2.95 bits per heavy atom. The maximum absolute atomic E-state index is 10.5. The maximum atomic E-state index is 10.5. The molecule has 1 unspecified atom stereocenters. The predicted molar refractivity (Wildman–Crippen MR) is 66.6 cm³/mol. The van der Waals surface area contributed by atoms with Crippen molar-refractivity contribution in [1.82, 2.24) is 9.97 Å². The van der Waals surface area contributed by atoms with E-state index in [9.17, 15) is 4.79 Å². The number of aromatic nitrogens is 2. The van der Waals surface area contributed by atoms with Crippen molar-refractivity contribution in [2.24, 2.45) is 5.73 Å². The molecule has 0 aliphatic heterocycles. The Labute approximate surface area is 114 Å². The van der Waals surface area contributed by atoms with Gasteiger partial charge in [0.1, 0.15) is 18.5 Å². The Balaban J connectivity index is 2.70. The van der Waals surface area contributed by atoms with Crippen LogP contribution in [0.1, 0.15) is 5.69 Å². The standard InChI is InChI=1S/C10H12ClN5O3/c1-18-4-6(5-19-10(13)17)15-8-3-14-7(2-12)9(11)16-8/h3,6H,4-5H2,1H3,(H2,13,17)(H,15,16). The smallest absolute Gasteiger partial charge is 0.404 e. The Bertz CT molecular complexity index is 491. The molecular weight excluding hydrogens is 274 g/mol. The van der Waals surface area contributed by atoms with Crippen LogP contribution in [0.5, 0.6) is 0 Å². The fourth-order valence-corrected chi connectivity index (χ4v) is 1.42. The monoisotopic (exact) mass is 285 g/mol. The molecule has 0 saturated heterocycles. The van der Waals surface area contributed by atoms with E-state index in [0.29, 0.717) is 5.82 Å². The molecule has 9 heteroatoms. The van der Waals surface area contributed by atoms with Crippen LogP contribution in [0.25, 0.3) is 0 Å². The minimum absolute atomic E-state index is 0.00245. The third-order valence-corrected chi connectivity index (χ3v) is 2.25. The van der Waals surface area contributed by atoms with Crippen LogP contribution in [0.4, 0.5) is 10.6 Å². The summed E-state index contributed by atoms with van der Waals surface area (Å²) in [6, 6.07) is 1.43. The molecule has 1 aromatic rings. The van der Waals surface area contributed by atoms with Gasteiger partial charge >= 0.3 is 6.09 Å². The molecule has 102 valence electrons. The number of carbonyl (C=O) groups is 1. The number of nitrogens with one attached hydrogen (secondary N) is 1. The zero-order chi connectivity index (χ0) is 14.3. The summed E-state index contributed by atoms with van der Waals surface area (Å²) in [7, 11) is 1.50. The number of primary amides is 1. The Morgan fingerprint density at radius 1 is 1.68 bits per heavy atom. The van der Waals surface area contributed by atoms with E-state index in [1.165, 1.54) is 13.3 Å². The van der Waals surface area contributed by atoms with Gasteiger partial charge in [-0.15, -0.1) is 0 Å². The maximum Gasteiger partial charge on any atom is 0.404 e. The van der Waals surface area contributed by atoms with Crippen molar-refractivity contribution in [2.75, 3.05) is 25.6 Å². The summed E-state index contributed by atoms with van der Waals surface area (Å²) in [5.74, 6) is 0.333. The number of hydrogen-bond donors (Lipinski definition) is 2. The van der Waals surface area contributed by atoms with Gasteiger partial charge in [-0.2, -0.15) is 5.26 Å². The van der Waals surface area contributed by atoms with Gasteiger partial charge in [-0.3, -0.25) is 0 Å². The van der Waals surface area contributed by atoms with Crippen molar-refractivity contribution >= 4 is 23.5 Å². The van der Waals surface area contributed by atoms with Crippen molar-refractivity contribution in [2.45, 2.75) is 6.04 Å². The molecule has 1 atom stereocenters. The van der Waals surface area contributed by atoms with Crippen LogP contribution >= 0.6 is 11.6 Å². The Hall–Kier alpha value is -2.11. The molecule has 1 rings (SSSR count). The molecule has 1 amide bonds. The summed E-state index contributed by atoms with van der Waals surface area (Å²) in [6.07, 6.45) is 0.462. The lowest BCUT2D eigenvalue weighted by atomic mass is 10.3. The van der Waals surface area contributed by atoms with E-state index in [1.54, 1.807) is 6.07 Å². The lowest BCUT2D eigenvalue weighted by Crippen LogP contribution is -2.33. The second-order valence-corrected chi connectivity index (χ2v) is 3.79. The SMILES string of the molecule is COCC(COC(N)=O)Nc1cnc(C#N)c(Cl)n1.